The van der Waals surface area contributed by atoms with E-state index in [1.165, 1.54) is 63.6 Å². The van der Waals surface area contributed by atoms with Crippen LogP contribution in [0.5, 0.6) is 0 Å². The summed E-state index contributed by atoms with van der Waals surface area (Å²) < 4.78 is 2.44. The highest BCUT2D eigenvalue weighted by Crippen LogP contribution is 2.68. The predicted molar refractivity (Wildman–Crippen MR) is 251 cm³/mol. The minimum Gasteiger partial charge on any atom is -0.308 e. The van der Waals surface area contributed by atoms with Crippen molar-refractivity contribution in [2.75, 3.05) is 17.4 Å². The quantitative estimate of drug-likeness (QED) is 0.168. The van der Waals surface area contributed by atoms with E-state index in [1.807, 2.05) is 47.7 Å². The van der Waals surface area contributed by atoms with Crippen molar-refractivity contribution in [2.24, 2.45) is 0 Å². The molecular formula is C53H38N4S2. The fourth-order valence-corrected chi connectivity index (χ4v) is 12.0. The maximum Gasteiger partial charge on any atom is 0.164 e. The van der Waals surface area contributed by atoms with Gasteiger partial charge in [-0.3, -0.25) is 0 Å². The largest absolute Gasteiger partial charge is 0.308 e. The zero-order valence-corrected chi connectivity index (χ0v) is 34.2. The Labute approximate surface area is 349 Å². The molecule has 6 heteroatoms. The second kappa shape index (κ2) is 14.2. The van der Waals surface area contributed by atoms with Gasteiger partial charge in [0, 0.05) is 52.3 Å². The minimum absolute atomic E-state index is 0.660. The number of benzene rings is 8. The van der Waals surface area contributed by atoms with E-state index >= 15 is 0 Å². The van der Waals surface area contributed by atoms with Crippen LogP contribution < -0.4 is 4.90 Å². The van der Waals surface area contributed by atoms with Gasteiger partial charge in [0.15, 0.2) is 17.5 Å². The van der Waals surface area contributed by atoms with Crippen molar-refractivity contribution in [3.05, 3.63) is 194 Å². The third kappa shape index (κ3) is 6.11. The van der Waals surface area contributed by atoms with Gasteiger partial charge in [-0.2, -0.15) is 10.0 Å². The number of thiophene rings is 1. The van der Waals surface area contributed by atoms with Gasteiger partial charge in [-0.05, 0) is 89.4 Å². The Hall–Kier alpha value is -6.86. The summed E-state index contributed by atoms with van der Waals surface area (Å²) in [5, 5.41) is 2.37. The Balaban J connectivity index is 1.06. The van der Waals surface area contributed by atoms with Gasteiger partial charge in [-0.15, -0.1) is 11.3 Å². The summed E-state index contributed by atoms with van der Waals surface area (Å²) in [5.41, 5.74) is 11.4. The fourth-order valence-electron chi connectivity index (χ4n) is 8.46. The Morgan fingerprint density at radius 2 is 0.966 bits per heavy atom. The lowest BCUT2D eigenvalue weighted by Gasteiger charge is -2.45. The van der Waals surface area contributed by atoms with Crippen LogP contribution in [0.25, 0.3) is 76.6 Å². The molecule has 0 radical (unpaired) electrons. The van der Waals surface area contributed by atoms with E-state index in [2.05, 4.69) is 175 Å². The number of fused-ring (bicyclic) bond motifs is 5. The molecule has 0 aliphatic carbocycles. The first kappa shape index (κ1) is 35.3. The molecule has 4 nitrogen and oxygen atoms in total. The molecule has 11 rings (SSSR count). The van der Waals surface area contributed by atoms with Crippen molar-refractivity contribution in [1.29, 1.82) is 0 Å². The maximum absolute atomic E-state index is 5.13. The van der Waals surface area contributed by atoms with Gasteiger partial charge in [0.2, 0.25) is 0 Å². The Bertz CT molecular complexity index is 3140. The molecule has 282 valence electrons. The number of hydrogen-bond donors (Lipinski definition) is 0. The summed E-state index contributed by atoms with van der Waals surface area (Å²) in [6.45, 7) is 0. The number of aromatic nitrogens is 3. The van der Waals surface area contributed by atoms with Gasteiger partial charge in [0.1, 0.15) is 0 Å². The Kier molecular flexibility index (Phi) is 8.50. The third-order valence-electron chi connectivity index (χ3n) is 11.4. The van der Waals surface area contributed by atoms with Crippen molar-refractivity contribution in [3.63, 3.8) is 0 Å². The van der Waals surface area contributed by atoms with Crippen LogP contribution >= 0.6 is 21.4 Å². The van der Waals surface area contributed by atoms with Crippen molar-refractivity contribution < 1.29 is 0 Å². The second-order valence-electron chi connectivity index (χ2n) is 15.3. The van der Waals surface area contributed by atoms with Crippen LogP contribution in [0.15, 0.2) is 204 Å². The lowest BCUT2D eigenvalue weighted by molar-refractivity contribution is 1.08. The topological polar surface area (TPSA) is 41.9 Å². The summed E-state index contributed by atoms with van der Waals surface area (Å²) in [7, 11) is -1.36. The highest BCUT2D eigenvalue weighted by Gasteiger charge is 2.34. The molecule has 0 saturated heterocycles. The van der Waals surface area contributed by atoms with Crippen molar-refractivity contribution >= 4 is 58.6 Å². The fraction of sp³-hybridized carbons (Fsp3) is 0.0377. The van der Waals surface area contributed by atoms with Crippen molar-refractivity contribution in [2.45, 2.75) is 9.79 Å². The Morgan fingerprint density at radius 3 is 1.69 bits per heavy atom. The number of nitrogens with zero attached hydrogens (tertiary/aromatic N) is 4. The molecule has 0 amide bonds. The smallest absolute Gasteiger partial charge is 0.164 e. The van der Waals surface area contributed by atoms with Crippen LogP contribution in [0.4, 0.5) is 17.1 Å². The standard InChI is InChI=1S/C53H38N4S2/c1-59(2)48-27-13-12-25-44(48)57(41-23-14-22-38(32-41)35-16-6-3-7-17-35)45-30-28-40(34-49(45)59)39-29-31-46-43(33-39)50-42(24-15-26-47(50)58-46)53-55-51(36-18-8-4-9-19-36)54-52(56-53)37-20-10-5-11-21-37/h3-34H,1-2H3. The SMILES string of the molecule is CS1(C)c2ccccc2N(c2cccc(-c3ccccc3)c2)c2ccc(-c3ccc4sc5cccc(-c6nc(-c7ccccc7)nc(-c7ccccc7)n6)c5c4c3)cc21. The molecule has 8 aromatic carbocycles. The summed E-state index contributed by atoms with van der Waals surface area (Å²) in [6, 6.07) is 69.4. The monoisotopic (exact) mass is 794 g/mol. The van der Waals surface area contributed by atoms with E-state index in [4.69, 9.17) is 15.0 Å². The Morgan fingerprint density at radius 1 is 0.407 bits per heavy atom. The van der Waals surface area contributed by atoms with E-state index in [-0.39, 0.29) is 0 Å². The van der Waals surface area contributed by atoms with E-state index in [0.29, 0.717) is 17.5 Å². The maximum atomic E-state index is 5.13. The molecule has 0 N–H and O–H groups in total. The van der Waals surface area contributed by atoms with Gasteiger partial charge < -0.3 is 4.90 Å². The lowest BCUT2D eigenvalue weighted by atomic mass is 9.99. The predicted octanol–water partition coefficient (Wildman–Crippen LogP) is 14.8. The van der Waals surface area contributed by atoms with E-state index < -0.39 is 10.0 Å². The molecule has 0 unspecified atom stereocenters. The van der Waals surface area contributed by atoms with E-state index in [9.17, 15) is 0 Å². The number of rotatable bonds is 6. The number of anilines is 3. The van der Waals surface area contributed by atoms with Crippen LogP contribution in [0.3, 0.4) is 0 Å². The average Bonchev–Trinajstić information content (AvgIpc) is 3.68. The first-order chi connectivity index (χ1) is 29.0. The molecule has 59 heavy (non-hydrogen) atoms. The van der Waals surface area contributed by atoms with Crippen molar-refractivity contribution in [1.82, 2.24) is 15.0 Å². The van der Waals surface area contributed by atoms with E-state index in [1.54, 1.807) is 0 Å². The minimum atomic E-state index is -1.36. The highest BCUT2D eigenvalue weighted by molar-refractivity contribution is 8.33. The molecule has 2 aromatic heterocycles. The van der Waals surface area contributed by atoms with Crippen molar-refractivity contribution in [3.8, 4) is 56.4 Å². The summed E-state index contributed by atoms with van der Waals surface area (Å²) in [5.74, 6) is 1.99. The molecule has 10 aromatic rings. The summed E-state index contributed by atoms with van der Waals surface area (Å²) in [4.78, 5) is 20.5. The van der Waals surface area contributed by atoms with Crippen LogP contribution in [0, 0.1) is 0 Å². The molecule has 1 aliphatic rings. The number of para-hydroxylation sites is 1. The molecular weight excluding hydrogens is 757 g/mol. The summed E-state index contributed by atoms with van der Waals surface area (Å²) >= 11 is 1.81. The molecule has 0 spiro atoms. The van der Waals surface area contributed by atoms with Crippen LogP contribution in [0.1, 0.15) is 0 Å². The van der Waals surface area contributed by atoms with Gasteiger partial charge in [-0.25, -0.2) is 15.0 Å². The molecule has 3 heterocycles. The first-order valence-corrected chi connectivity index (χ1v) is 23.0. The summed E-state index contributed by atoms with van der Waals surface area (Å²) in [6.07, 6.45) is 4.88. The number of hydrogen-bond acceptors (Lipinski definition) is 5. The van der Waals surface area contributed by atoms with Gasteiger partial charge >= 0.3 is 0 Å². The average molecular weight is 795 g/mol. The normalized spacial score (nSPS) is 13.6. The van der Waals surface area contributed by atoms with Gasteiger partial charge in [0.25, 0.3) is 0 Å². The van der Waals surface area contributed by atoms with Crippen LogP contribution in [0.2, 0.25) is 0 Å². The third-order valence-corrected chi connectivity index (χ3v) is 15.4. The zero-order chi connectivity index (χ0) is 39.5. The molecule has 1 aliphatic heterocycles. The molecule has 0 saturated carbocycles. The van der Waals surface area contributed by atoms with Crippen LogP contribution in [-0.4, -0.2) is 27.5 Å². The lowest BCUT2D eigenvalue weighted by Crippen LogP contribution is -2.20. The van der Waals surface area contributed by atoms with Crippen LogP contribution in [-0.2, 0) is 0 Å². The zero-order valence-electron chi connectivity index (χ0n) is 32.6. The molecule has 0 atom stereocenters. The van der Waals surface area contributed by atoms with Gasteiger partial charge in [-0.1, -0.05) is 140 Å². The first-order valence-electron chi connectivity index (χ1n) is 19.7. The highest BCUT2D eigenvalue weighted by atomic mass is 32.3. The molecule has 0 bridgehead atoms. The second-order valence-corrected chi connectivity index (χ2v) is 19.9. The van der Waals surface area contributed by atoms with Gasteiger partial charge in [0.05, 0.1) is 11.4 Å². The van der Waals surface area contributed by atoms with E-state index in [0.717, 1.165) is 22.4 Å². The molecule has 0 fully saturated rings.